The maximum Gasteiger partial charge on any atom is 0.175 e. The maximum absolute atomic E-state index is 11.4. The van der Waals surface area contributed by atoms with Crippen molar-refractivity contribution in [3.05, 3.63) is 30.4 Å². The number of aromatic nitrogens is 3. The summed E-state index contributed by atoms with van der Waals surface area (Å²) in [6.45, 7) is 0.711. The monoisotopic (exact) mass is 295 g/mol. The van der Waals surface area contributed by atoms with Gasteiger partial charge in [-0.1, -0.05) is 0 Å². The highest BCUT2D eigenvalue weighted by molar-refractivity contribution is 7.90. The highest BCUT2D eigenvalue weighted by Gasteiger charge is 2.09. The molecule has 0 fully saturated rings. The Balaban J connectivity index is 1.90. The molecular weight excluding hydrogens is 278 g/mol. The van der Waals surface area contributed by atoms with Gasteiger partial charge in [0.1, 0.15) is 12.2 Å². The van der Waals surface area contributed by atoms with Crippen molar-refractivity contribution in [2.75, 3.05) is 23.9 Å². The third-order valence-electron chi connectivity index (χ3n) is 2.82. The molecule has 8 heteroatoms. The summed E-state index contributed by atoms with van der Waals surface area (Å²) < 4.78 is 22.8. The predicted molar refractivity (Wildman–Crippen MR) is 77.2 cm³/mol. The Bertz CT molecular complexity index is 667. The molecule has 0 unspecified atom stereocenters. The van der Waals surface area contributed by atoms with Crippen molar-refractivity contribution in [2.24, 2.45) is 0 Å². The number of nitrogens with zero attached hydrogens (tertiary/aromatic N) is 2. The second kappa shape index (κ2) is 5.91. The van der Waals surface area contributed by atoms with Gasteiger partial charge in [0.25, 0.3) is 0 Å². The fourth-order valence-corrected chi connectivity index (χ4v) is 2.42. The largest absolute Gasteiger partial charge is 0.397 e. The second-order valence-electron chi connectivity index (χ2n) is 4.48. The van der Waals surface area contributed by atoms with E-state index in [0.717, 1.165) is 30.6 Å². The van der Waals surface area contributed by atoms with Gasteiger partial charge in [-0.05, 0) is 24.6 Å². The van der Waals surface area contributed by atoms with Gasteiger partial charge in [0, 0.05) is 19.2 Å². The average Bonchev–Trinajstić information content (AvgIpc) is 2.88. The zero-order valence-corrected chi connectivity index (χ0v) is 11.9. The van der Waals surface area contributed by atoms with Crippen LogP contribution in [0.2, 0.25) is 0 Å². The van der Waals surface area contributed by atoms with Gasteiger partial charge in [-0.15, -0.1) is 0 Å². The summed E-state index contributed by atoms with van der Waals surface area (Å²) in [5.41, 5.74) is 6.99. The molecule has 108 valence electrons. The van der Waals surface area contributed by atoms with Gasteiger partial charge in [0.2, 0.25) is 0 Å². The number of sulfone groups is 1. The number of H-pyrrole nitrogens is 1. The van der Waals surface area contributed by atoms with Crippen LogP contribution in [0.1, 0.15) is 12.2 Å². The van der Waals surface area contributed by atoms with Crippen LogP contribution in [0.4, 0.5) is 11.4 Å². The van der Waals surface area contributed by atoms with Crippen molar-refractivity contribution in [1.82, 2.24) is 15.2 Å². The minimum Gasteiger partial charge on any atom is -0.397 e. The smallest absolute Gasteiger partial charge is 0.175 e. The Morgan fingerprint density at radius 3 is 2.80 bits per heavy atom. The molecule has 4 N–H and O–H groups in total. The van der Waals surface area contributed by atoms with E-state index >= 15 is 0 Å². The lowest BCUT2D eigenvalue weighted by molar-refractivity contribution is 0.602. The third kappa shape index (κ3) is 3.70. The summed E-state index contributed by atoms with van der Waals surface area (Å²) in [4.78, 5) is 4.26. The molecule has 0 spiro atoms. The molecule has 0 aliphatic heterocycles. The summed E-state index contributed by atoms with van der Waals surface area (Å²) >= 11 is 0. The SMILES string of the molecule is CS(=O)(=O)c1ccc(NCCCc2ncn[nH]2)c(N)c1. The molecule has 0 radical (unpaired) electrons. The number of nitrogen functional groups attached to an aromatic ring is 1. The van der Waals surface area contributed by atoms with E-state index in [-0.39, 0.29) is 4.90 Å². The topological polar surface area (TPSA) is 114 Å². The molecule has 20 heavy (non-hydrogen) atoms. The molecule has 0 aliphatic carbocycles. The van der Waals surface area contributed by atoms with E-state index < -0.39 is 9.84 Å². The number of rotatable bonds is 6. The molecule has 0 amide bonds. The molecule has 1 heterocycles. The molecule has 2 aromatic rings. The van der Waals surface area contributed by atoms with Crippen molar-refractivity contribution in [3.8, 4) is 0 Å². The van der Waals surface area contributed by atoms with Crippen LogP contribution in [0.3, 0.4) is 0 Å². The number of aryl methyl sites for hydroxylation is 1. The van der Waals surface area contributed by atoms with E-state index in [1.165, 1.54) is 12.4 Å². The second-order valence-corrected chi connectivity index (χ2v) is 6.50. The van der Waals surface area contributed by atoms with Crippen molar-refractivity contribution in [2.45, 2.75) is 17.7 Å². The molecule has 0 saturated heterocycles. The number of benzene rings is 1. The van der Waals surface area contributed by atoms with E-state index in [9.17, 15) is 8.42 Å². The number of anilines is 2. The molecule has 0 bridgehead atoms. The van der Waals surface area contributed by atoms with E-state index in [4.69, 9.17) is 5.73 Å². The van der Waals surface area contributed by atoms with E-state index in [0.29, 0.717) is 12.2 Å². The van der Waals surface area contributed by atoms with Crippen LogP contribution in [0.5, 0.6) is 0 Å². The lowest BCUT2D eigenvalue weighted by Gasteiger charge is -2.10. The standard InChI is InChI=1S/C12H17N5O2S/c1-20(18,19)9-4-5-11(10(13)7-9)14-6-2-3-12-15-8-16-17-12/h4-5,7-8,14H,2-3,6,13H2,1H3,(H,15,16,17). The highest BCUT2D eigenvalue weighted by atomic mass is 32.2. The fraction of sp³-hybridized carbons (Fsp3) is 0.333. The molecule has 0 atom stereocenters. The summed E-state index contributed by atoms with van der Waals surface area (Å²) in [6, 6.07) is 4.69. The third-order valence-corrected chi connectivity index (χ3v) is 3.93. The Hall–Kier alpha value is -2.09. The number of nitrogens with one attached hydrogen (secondary N) is 2. The molecule has 0 saturated carbocycles. The molecule has 0 aliphatic rings. The van der Waals surface area contributed by atoms with E-state index in [1.807, 2.05) is 0 Å². The number of nitrogens with two attached hydrogens (primary N) is 1. The van der Waals surface area contributed by atoms with Crippen molar-refractivity contribution >= 4 is 21.2 Å². The zero-order valence-electron chi connectivity index (χ0n) is 11.1. The van der Waals surface area contributed by atoms with Gasteiger partial charge >= 0.3 is 0 Å². The zero-order chi connectivity index (χ0) is 14.6. The first kappa shape index (κ1) is 14.3. The first-order valence-corrected chi connectivity index (χ1v) is 8.03. The minimum absolute atomic E-state index is 0.224. The highest BCUT2D eigenvalue weighted by Crippen LogP contribution is 2.22. The van der Waals surface area contributed by atoms with Crippen LogP contribution >= 0.6 is 0 Å². The van der Waals surface area contributed by atoms with E-state index in [1.54, 1.807) is 12.1 Å². The summed E-state index contributed by atoms with van der Waals surface area (Å²) in [7, 11) is -3.22. The Morgan fingerprint density at radius 1 is 1.40 bits per heavy atom. The quantitative estimate of drug-likeness (QED) is 0.537. The summed E-state index contributed by atoms with van der Waals surface area (Å²) in [5, 5.41) is 9.74. The summed E-state index contributed by atoms with van der Waals surface area (Å²) in [6.07, 6.45) is 4.29. The van der Waals surface area contributed by atoms with Gasteiger partial charge in [-0.2, -0.15) is 5.10 Å². The maximum atomic E-state index is 11.4. The first-order chi connectivity index (χ1) is 9.47. The first-order valence-electron chi connectivity index (χ1n) is 6.14. The van der Waals surface area contributed by atoms with Gasteiger partial charge in [0.05, 0.1) is 16.3 Å². The van der Waals surface area contributed by atoms with Gasteiger partial charge in [-0.25, -0.2) is 13.4 Å². The predicted octanol–water partition coefficient (Wildman–Crippen LogP) is 0.835. The van der Waals surface area contributed by atoms with Crippen LogP contribution in [-0.4, -0.2) is 36.4 Å². The number of hydrogen-bond acceptors (Lipinski definition) is 6. The van der Waals surface area contributed by atoms with Crippen LogP contribution in [0.25, 0.3) is 0 Å². The van der Waals surface area contributed by atoms with Gasteiger partial charge in [-0.3, -0.25) is 5.10 Å². The van der Waals surface area contributed by atoms with Crippen LogP contribution in [0, 0.1) is 0 Å². The number of hydrogen-bond donors (Lipinski definition) is 3. The number of aromatic amines is 1. The van der Waals surface area contributed by atoms with Gasteiger partial charge < -0.3 is 11.1 Å². The minimum atomic E-state index is -3.22. The fourth-order valence-electron chi connectivity index (χ4n) is 1.76. The molecule has 2 rings (SSSR count). The summed E-state index contributed by atoms with van der Waals surface area (Å²) in [5.74, 6) is 0.840. The Morgan fingerprint density at radius 2 is 2.20 bits per heavy atom. The molecule has 1 aromatic carbocycles. The van der Waals surface area contributed by atoms with Crippen LogP contribution in [0.15, 0.2) is 29.4 Å². The van der Waals surface area contributed by atoms with Crippen LogP contribution in [-0.2, 0) is 16.3 Å². The average molecular weight is 295 g/mol. The Labute approximate surface area is 117 Å². The lowest BCUT2D eigenvalue weighted by Crippen LogP contribution is -2.07. The Kier molecular flexibility index (Phi) is 4.23. The normalized spacial score (nSPS) is 11.4. The van der Waals surface area contributed by atoms with Crippen molar-refractivity contribution in [1.29, 1.82) is 0 Å². The lowest BCUT2D eigenvalue weighted by atomic mass is 10.2. The molecule has 7 nitrogen and oxygen atoms in total. The van der Waals surface area contributed by atoms with Crippen LogP contribution < -0.4 is 11.1 Å². The van der Waals surface area contributed by atoms with Crippen molar-refractivity contribution < 1.29 is 8.42 Å². The molecular formula is C12H17N5O2S. The van der Waals surface area contributed by atoms with Crippen molar-refractivity contribution in [3.63, 3.8) is 0 Å². The van der Waals surface area contributed by atoms with Gasteiger partial charge in [0.15, 0.2) is 9.84 Å². The van der Waals surface area contributed by atoms with E-state index in [2.05, 4.69) is 20.5 Å². The molecule has 1 aromatic heterocycles.